The first kappa shape index (κ1) is 19.2. The lowest BCUT2D eigenvalue weighted by molar-refractivity contribution is 0.335. The van der Waals surface area contributed by atoms with Crippen molar-refractivity contribution in [3.05, 3.63) is 24.3 Å². The second-order valence-corrected chi connectivity index (χ2v) is 10.8. The summed E-state index contributed by atoms with van der Waals surface area (Å²) in [5.74, 6) is 1.31. The first-order valence-corrected chi connectivity index (χ1v) is 10.8. The summed E-state index contributed by atoms with van der Waals surface area (Å²) in [6.07, 6.45) is 4.11. The van der Waals surface area contributed by atoms with Crippen LogP contribution < -0.4 is 10.0 Å². The van der Waals surface area contributed by atoms with Crippen molar-refractivity contribution in [3.63, 3.8) is 0 Å². The Balaban J connectivity index is 1.53. The zero-order chi connectivity index (χ0) is 18.9. The Kier molecular flexibility index (Phi) is 5.30. The molecule has 0 aliphatic heterocycles. The average molecular weight is 379 g/mol. The lowest BCUT2D eigenvalue weighted by Gasteiger charge is -2.30. The summed E-state index contributed by atoms with van der Waals surface area (Å²) in [4.78, 5) is 4.68. The fourth-order valence-corrected chi connectivity index (χ4v) is 4.30. The molecule has 26 heavy (non-hydrogen) atoms. The van der Waals surface area contributed by atoms with Gasteiger partial charge in [-0.2, -0.15) is 0 Å². The second-order valence-electron chi connectivity index (χ2n) is 8.31. The number of imidazole rings is 1. The van der Waals surface area contributed by atoms with Crippen molar-refractivity contribution in [1.29, 1.82) is 0 Å². The molecule has 2 aromatic rings. The molecule has 1 fully saturated rings. The number of aromatic nitrogens is 2. The predicted octanol–water partition coefficient (Wildman–Crippen LogP) is 3.26. The van der Waals surface area contributed by atoms with Gasteiger partial charge in [0, 0.05) is 19.6 Å². The third-order valence-electron chi connectivity index (χ3n) is 5.34. The van der Waals surface area contributed by atoms with Gasteiger partial charge in [-0.05, 0) is 64.5 Å². The molecule has 0 saturated heterocycles. The van der Waals surface area contributed by atoms with Gasteiger partial charge in [-0.25, -0.2) is 18.1 Å². The van der Waals surface area contributed by atoms with E-state index in [2.05, 4.69) is 25.7 Å². The minimum atomic E-state index is -3.26. The zero-order valence-corrected chi connectivity index (χ0v) is 16.9. The van der Waals surface area contributed by atoms with E-state index in [0.29, 0.717) is 18.5 Å². The number of fused-ring (bicyclic) bond motifs is 1. The van der Waals surface area contributed by atoms with Crippen LogP contribution in [0.1, 0.15) is 46.5 Å². The Morgan fingerprint density at radius 3 is 2.42 bits per heavy atom. The molecule has 3 rings (SSSR count). The maximum Gasteiger partial charge on any atom is 0.216 e. The lowest BCUT2D eigenvalue weighted by atomic mass is 9.86. The van der Waals surface area contributed by atoms with Crippen molar-refractivity contribution in [2.75, 3.05) is 11.9 Å². The predicted molar refractivity (Wildman–Crippen MR) is 107 cm³/mol. The highest BCUT2D eigenvalue weighted by molar-refractivity contribution is 7.90. The molecular formula is C19H30N4O2S. The van der Waals surface area contributed by atoms with Gasteiger partial charge in [-0.1, -0.05) is 12.1 Å². The number of sulfonamides is 1. The molecule has 0 amide bonds. The SMILES string of the molecule is Cn1c(NC2CCC(CNS(=O)(=O)C(C)(C)C)CC2)nc2ccccc21. The molecule has 2 N–H and O–H groups in total. The van der Waals surface area contributed by atoms with Crippen LogP contribution in [0.3, 0.4) is 0 Å². The summed E-state index contributed by atoms with van der Waals surface area (Å²) in [6.45, 7) is 5.73. The standard InChI is InChI=1S/C19H30N4O2S/c1-19(2,3)26(24,25)20-13-14-9-11-15(12-10-14)21-18-22-16-7-5-6-8-17(16)23(18)4/h5-8,14-15,20H,9-13H2,1-4H3,(H,21,22). The highest BCUT2D eigenvalue weighted by Gasteiger charge is 2.30. The summed E-state index contributed by atoms with van der Waals surface area (Å²) in [5, 5.41) is 3.57. The number of nitrogens with zero attached hydrogens (tertiary/aromatic N) is 2. The highest BCUT2D eigenvalue weighted by Crippen LogP contribution is 2.27. The van der Waals surface area contributed by atoms with Gasteiger partial charge in [0.25, 0.3) is 0 Å². The lowest BCUT2D eigenvalue weighted by Crippen LogP contribution is -2.42. The maximum absolute atomic E-state index is 12.2. The quantitative estimate of drug-likeness (QED) is 0.837. The molecule has 0 bridgehead atoms. The number of para-hydroxylation sites is 2. The van der Waals surface area contributed by atoms with Crippen molar-refractivity contribution < 1.29 is 8.42 Å². The average Bonchev–Trinajstić information content (AvgIpc) is 2.90. The Morgan fingerprint density at radius 2 is 1.81 bits per heavy atom. The van der Waals surface area contributed by atoms with Crippen molar-refractivity contribution >= 4 is 27.0 Å². The molecule has 6 nitrogen and oxygen atoms in total. The van der Waals surface area contributed by atoms with E-state index >= 15 is 0 Å². The number of nitrogens with one attached hydrogen (secondary N) is 2. The number of hydrogen-bond acceptors (Lipinski definition) is 4. The Bertz CT molecular complexity index is 859. The van der Waals surface area contributed by atoms with Gasteiger partial charge >= 0.3 is 0 Å². The number of benzene rings is 1. The monoisotopic (exact) mass is 378 g/mol. The second kappa shape index (κ2) is 7.19. The summed E-state index contributed by atoms with van der Waals surface area (Å²) in [7, 11) is -1.23. The van der Waals surface area contributed by atoms with Crippen LogP contribution in [0.4, 0.5) is 5.95 Å². The van der Waals surface area contributed by atoms with Crippen LogP contribution >= 0.6 is 0 Å². The van der Waals surface area contributed by atoms with Gasteiger partial charge in [0.2, 0.25) is 16.0 Å². The number of anilines is 1. The molecule has 1 aromatic heterocycles. The van der Waals surface area contributed by atoms with Crippen LogP contribution in [0.2, 0.25) is 0 Å². The van der Waals surface area contributed by atoms with Gasteiger partial charge in [0.05, 0.1) is 15.8 Å². The van der Waals surface area contributed by atoms with E-state index in [9.17, 15) is 8.42 Å². The summed E-state index contributed by atoms with van der Waals surface area (Å²) in [5.41, 5.74) is 2.13. The first-order chi connectivity index (χ1) is 12.2. The third-order valence-corrected chi connectivity index (χ3v) is 7.49. The first-order valence-electron chi connectivity index (χ1n) is 9.34. The molecule has 1 aliphatic carbocycles. The topological polar surface area (TPSA) is 76.0 Å². The van der Waals surface area contributed by atoms with Gasteiger partial charge in [-0.15, -0.1) is 0 Å². The molecule has 1 saturated carbocycles. The highest BCUT2D eigenvalue weighted by atomic mass is 32.2. The molecule has 0 spiro atoms. The van der Waals surface area contributed by atoms with E-state index in [1.165, 1.54) is 0 Å². The minimum Gasteiger partial charge on any atom is -0.353 e. The van der Waals surface area contributed by atoms with Crippen LogP contribution in [-0.4, -0.2) is 35.3 Å². The number of rotatable bonds is 5. The summed E-state index contributed by atoms with van der Waals surface area (Å²) >= 11 is 0. The Labute approximate surface area is 156 Å². The smallest absolute Gasteiger partial charge is 0.216 e. The van der Waals surface area contributed by atoms with Crippen molar-refractivity contribution in [2.24, 2.45) is 13.0 Å². The van der Waals surface area contributed by atoms with Crippen LogP contribution in [0.25, 0.3) is 11.0 Å². The molecule has 1 heterocycles. The van der Waals surface area contributed by atoms with Crippen molar-refractivity contribution in [3.8, 4) is 0 Å². The van der Waals surface area contributed by atoms with Crippen molar-refractivity contribution in [2.45, 2.75) is 57.2 Å². The van der Waals surface area contributed by atoms with Crippen LogP contribution in [-0.2, 0) is 17.1 Å². The molecule has 1 aliphatic rings. The van der Waals surface area contributed by atoms with Gasteiger partial charge < -0.3 is 9.88 Å². The largest absolute Gasteiger partial charge is 0.353 e. The normalized spacial score (nSPS) is 21.8. The molecule has 144 valence electrons. The van der Waals surface area contributed by atoms with Crippen LogP contribution in [0, 0.1) is 5.92 Å². The van der Waals surface area contributed by atoms with E-state index in [1.807, 2.05) is 25.2 Å². The van der Waals surface area contributed by atoms with Crippen LogP contribution in [0.15, 0.2) is 24.3 Å². The van der Waals surface area contributed by atoms with Gasteiger partial charge in [0.15, 0.2) is 0 Å². The van der Waals surface area contributed by atoms with E-state index in [1.54, 1.807) is 20.8 Å². The third kappa shape index (κ3) is 4.04. The van der Waals surface area contributed by atoms with E-state index < -0.39 is 14.8 Å². The van der Waals surface area contributed by atoms with E-state index in [-0.39, 0.29) is 0 Å². The zero-order valence-electron chi connectivity index (χ0n) is 16.1. The Hall–Kier alpha value is -1.60. The number of hydrogen-bond donors (Lipinski definition) is 2. The summed E-state index contributed by atoms with van der Waals surface area (Å²) in [6, 6.07) is 8.52. The molecule has 7 heteroatoms. The summed E-state index contributed by atoms with van der Waals surface area (Å²) < 4.78 is 28.5. The minimum absolute atomic E-state index is 0.390. The molecule has 0 radical (unpaired) electrons. The Morgan fingerprint density at radius 1 is 1.15 bits per heavy atom. The molecular weight excluding hydrogens is 348 g/mol. The van der Waals surface area contributed by atoms with Crippen LogP contribution in [0.5, 0.6) is 0 Å². The molecule has 0 atom stereocenters. The molecule has 0 unspecified atom stereocenters. The van der Waals surface area contributed by atoms with E-state index in [0.717, 1.165) is 42.7 Å². The van der Waals surface area contributed by atoms with Gasteiger partial charge in [-0.3, -0.25) is 0 Å². The van der Waals surface area contributed by atoms with Gasteiger partial charge in [0.1, 0.15) is 0 Å². The maximum atomic E-state index is 12.2. The fourth-order valence-electron chi connectivity index (χ4n) is 3.41. The van der Waals surface area contributed by atoms with Crippen molar-refractivity contribution in [1.82, 2.24) is 14.3 Å². The fraction of sp³-hybridized carbons (Fsp3) is 0.632. The number of aryl methyl sites for hydroxylation is 1. The molecule has 1 aromatic carbocycles. The van der Waals surface area contributed by atoms with E-state index in [4.69, 9.17) is 0 Å².